The predicted molar refractivity (Wildman–Crippen MR) is 88.3 cm³/mol. The summed E-state index contributed by atoms with van der Waals surface area (Å²) >= 11 is 1.70. The van der Waals surface area contributed by atoms with Gasteiger partial charge in [0.15, 0.2) is 0 Å². The molecule has 0 aliphatic carbocycles. The number of hydrogen-bond donors (Lipinski definition) is 2. The Bertz CT molecular complexity index is 562. The molecule has 1 saturated heterocycles. The fourth-order valence-electron chi connectivity index (χ4n) is 2.69. The Labute approximate surface area is 139 Å². The summed E-state index contributed by atoms with van der Waals surface area (Å²) in [6.07, 6.45) is 0.874. The van der Waals surface area contributed by atoms with Crippen LogP contribution in [-0.4, -0.2) is 48.2 Å². The number of carbonyl (C=O) groups is 2. The van der Waals surface area contributed by atoms with Gasteiger partial charge in [-0.15, -0.1) is 0 Å². The molecule has 1 aromatic rings. The Hall–Kier alpha value is -1.89. The van der Waals surface area contributed by atoms with E-state index in [0.29, 0.717) is 29.9 Å². The van der Waals surface area contributed by atoms with Gasteiger partial charge in [-0.1, -0.05) is 6.07 Å². The highest BCUT2D eigenvalue weighted by Gasteiger charge is 2.41. The highest BCUT2D eigenvalue weighted by Crippen LogP contribution is 2.30. The minimum atomic E-state index is -1.17. The van der Waals surface area contributed by atoms with Gasteiger partial charge in [-0.2, -0.15) is 11.8 Å². The van der Waals surface area contributed by atoms with E-state index in [4.69, 9.17) is 9.47 Å². The molecule has 23 heavy (non-hydrogen) atoms. The molecule has 0 aromatic heterocycles. The summed E-state index contributed by atoms with van der Waals surface area (Å²) in [5.74, 6) is 1.22. The number of hydrogen-bond acceptors (Lipinski definition) is 5. The number of carbonyl (C=O) groups excluding carboxylic acids is 1. The Kier molecular flexibility index (Phi) is 5.76. The van der Waals surface area contributed by atoms with Crippen LogP contribution in [0.1, 0.15) is 18.4 Å². The van der Waals surface area contributed by atoms with E-state index in [0.717, 1.165) is 11.5 Å². The van der Waals surface area contributed by atoms with E-state index in [2.05, 4.69) is 5.32 Å². The van der Waals surface area contributed by atoms with Gasteiger partial charge < -0.3 is 19.9 Å². The Balaban J connectivity index is 2.17. The molecule has 1 aliphatic rings. The summed E-state index contributed by atoms with van der Waals surface area (Å²) in [6.45, 7) is 0. The second kappa shape index (κ2) is 7.59. The third-order valence-corrected chi connectivity index (χ3v) is 4.99. The Morgan fingerprint density at radius 3 is 2.26 bits per heavy atom. The van der Waals surface area contributed by atoms with E-state index in [1.54, 1.807) is 30.0 Å². The number of carboxylic acids is 1. The molecule has 126 valence electrons. The van der Waals surface area contributed by atoms with Gasteiger partial charge in [0.2, 0.25) is 5.91 Å². The van der Waals surface area contributed by atoms with Crippen LogP contribution in [-0.2, 0) is 16.0 Å². The molecule has 1 aliphatic heterocycles. The number of amides is 1. The molecule has 2 rings (SSSR count). The van der Waals surface area contributed by atoms with Gasteiger partial charge in [-0.05, 0) is 36.5 Å². The predicted octanol–water partition coefficient (Wildman–Crippen LogP) is 1.71. The van der Waals surface area contributed by atoms with Gasteiger partial charge in [0.25, 0.3) is 0 Å². The van der Waals surface area contributed by atoms with Crippen molar-refractivity contribution in [3.63, 3.8) is 0 Å². The number of rotatable bonds is 6. The first kappa shape index (κ1) is 17.5. The van der Waals surface area contributed by atoms with E-state index in [1.165, 1.54) is 14.2 Å². The maximum atomic E-state index is 12.4. The van der Waals surface area contributed by atoms with E-state index >= 15 is 0 Å². The molecule has 1 aromatic carbocycles. The topological polar surface area (TPSA) is 84.9 Å². The Morgan fingerprint density at radius 2 is 1.78 bits per heavy atom. The molecule has 0 atom stereocenters. The SMILES string of the molecule is COc1cccc(OC)c1CC(=O)NC1(C(=O)O)CCSCC1. The van der Waals surface area contributed by atoms with Gasteiger partial charge in [0.05, 0.1) is 20.6 Å². The highest BCUT2D eigenvalue weighted by molar-refractivity contribution is 7.99. The van der Waals surface area contributed by atoms with Crippen molar-refractivity contribution in [1.29, 1.82) is 0 Å². The standard InChI is InChI=1S/C16H21NO5S/c1-21-12-4-3-5-13(22-2)11(12)10-14(18)17-16(15(19)20)6-8-23-9-7-16/h3-5H,6-10H2,1-2H3,(H,17,18)(H,19,20). The normalized spacial score (nSPS) is 16.4. The number of thioether (sulfide) groups is 1. The molecule has 0 spiro atoms. The number of benzene rings is 1. The van der Waals surface area contributed by atoms with Crippen LogP contribution in [0.4, 0.5) is 0 Å². The lowest BCUT2D eigenvalue weighted by Gasteiger charge is -2.33. The molecule has 0 saturated carbocycles. The van der Waals surface area contributed by atoms with Gasteiger partial charge in [0.1, 0.15) is 17.0 Å². The highest BCUT2D eigenvalue weighted by atomic mass is 32.2. The fraction of sp³-hybridized carbons (Fsp3) is 0.500. The minimum absolute atomic E-state index is 0.00929. The van der Waals surface area contributed by atoms with Crippen LogP contribution in [0.3, 0.4) is 0 Å². The lowest BCUT2D eigenvalue weighted by atomic mass is 9.92. The third kappa shape index (κ3) is 3.90. The summed E-state index contributed by atoms with van der Waals surface area (Å²) in [4.78, 5) is 24.1. The molecule has 0 radical (unpaired) electrons. The van der Waals surface area contributed by atoms with Crippen LogP contribution >= 0.6 is 11.8 Å². The average molecular weight is 339 g/mol. The lowest BCUT2D eigenvalue weighted by molar-refractivity contribution is -0.148. The molecule has 2 N–H and O–H groups in total. The van der Waals surface area contributed by atoms with E-state index in [9.17, 15) is 14.7 Å². The van der Waals surface area contributed by atoms with E-state index in [-0.39, 0.29) is 12.3 Å². The fourth-order valence-corrected chi connectivity index (χ4v) is 3.88. The molecule has 1 heterocycles. The van der Waals surface area contributed by atoms with Crippen LogP contribution < -0.4 is 14.8 Å². The van der Waals surface area contributed by atoms with Crippen LogP contribution in [0.2, 0.25) is 0 Å². The van der Waals surface area contributed by atoms with Crippen LogP contribution in [0.5, 0.6) is 11.5 Å². The zero-order valence-electron chi connectivity index (χ0n) is 13.3. The van der Waals surface area contributed by atoms with Crippen molar-refractivity contribution in [2.24, 2.45) is 0 Å². The first-order valence-corrected chi connectivity index (χ1v) is 8.50. The summed E-state index contributed by atoms with van der Waals surface area (Å²) in [5.41, 5.74) is -0.557. The minimum Gasteiger partial charge on any atom is -0.496 e. The first-order valence-electron chi connectivity index (χ1n) is 7.34. The monoisotopic (exact) mass is 339 g/mol. The van der Waals surface area contributed by atoms with E-state index < -0.39 is 11.5 Å². The lowest BCUT2D eigenvalue weighted by Crippen LogP contribution is -2.56. The molecule has 6 nitrogen and oxygen atoms in total. The summed E-state index contributed by atoms with van der Waals surface area (Å²) in [6, 6.07) is 5.26. The van der Waals surface area contributed by atoms with E-state index in [1.807, 2.05) is 0 Å². The van der Waals surface area contributed by atoms with Crippen LogP contribution in [0, 0.1) is 0 Å². The molecular formula is C16H21NO5S. The van der Waals surface area contributed by atoms with Crippen LogP contribution in [0.15, 0.2) is 18.2 Å². The van der Waals surface area contributed by atoms with Crippen LogP contribution in [0.25, 0.3) is 0 Å². The van der Waals surface area contributed by atoms with Crippen molar-refractivity contribution < 1.29 is 24.2 Å². The molecule has 0 bridgehead atoms. The number of carboxylic acid groups (broad SMARTS) is 1. The largest absolute Gasteiger partial charge is 0.496 e. The molecule has 0 unspecified atom stereocenters. The maximum absolute atomic E-state index is 12.4. The molecule has 7 heteroatoms. The van der Waals surface area contributed by atoms with Crippen molar-refractivity contribution in [2.75, 3.05) is 25.7 Å². The molecule has 1 amide bonds. The average Bonchev–Trinajstić information content (AvgIpc) is 2.55. The Morgan fingerprint density at radius 1 is 1.22 bits per heavy atom. The smallest absolute Gasteiger partial charge is 0.329 e. The summed E-state index contributed by atoms with van der Waals surface area (Å²) < 4.78 is 10.5. The number of aliphatic carboxylic acids is 1. The van der Waals surface area contributed by atoms with Gasteiger partial charge in [-0.3, -0.25) is 4.79 Å². The zero-order valence-corrected chi connectivity index (χ0v) is 14.1. The summed E-state index contributed by atoms with van der Waals surface area (Å²) in [5, 5.41) is 12.3. The van der Waals surface area contributed by atoms with Gasteiger partial charge >= 0.3 is 5.97 Å². The van der Waals surface area contributed by atoms with Gasteiger partial charge in [0, 0.05) is 5.56 Å². The first-order chi connectivity index (χ1) is 11.0. The second-order valence-corrected chi connectivity index (χ2v) is 6.59. The van der Waals surface area contributed by atoms with Crippen molar-refractivity contribution in [3.05, 3.63) is 23.8 Å². The molecule has 1 fully saturated rings. The third-order valence-electron chi connectivity index (χ3n) is 4.00. The maximum Gasteiger partial charge on any atom is 0.329 e. The van der Waals surface area contributed by atoms with Crippen molar-refractivity contribution >= 4 is 23.6 Å². The van der Waals surface area contributed by atoms with Crippen molar-refractivity contribution in [1.82, 2.24) is 5.32 Å². The molecular weight excluding hydrogens is 318 g/mol. The van der Waals surface area contributed by atoms with Crippen molar-refractivity contribution in [2.45, 2.75) is 24.8 Å². The zero-order chi connectivity index (χ0) is 16.9. The number of methoxy groups -OCH3 is 2. The second-order valence-electron chi connectivity index (χ2n) is 5.37. The number of ether oxygens (including phenoxy) is 2. The van der Waals surface area contributed by atoms with Crippen molar-refractivity contribution in [3.8, 4) is 11.5 Å². The quantitative estimate of drug-likeness (QED) is 0.821. The number of nitrogens with one attached hydrogen (secondary N) is 1. The summed E-state index contributed by atoms with van der Waals surface area (Å²) in [7, 11) is 3.04. The van der Waals surface area contributed by atoms with Gasteiger partial charge in [-0.25, -0.2) is 4.79 Å².